The molecule has 2 N–H and O–H groups in total. The van der Waals surface area contributed by atoms with Gasteiger partial charge in [-0.1, -0.05) is 0 Å². The van der Waals surface area contributed by atoms with Gasteiger partial charge in [-0.05, 0) is 32.7 Å². The summed E-state index contributed by atoms with van der Waals surface area (Å²) in [6.45, 7) is 0. The summed E-state index contributed by atoms with van der Waals surface area (Å²) in [5.41, 5.74) is 0. The lowest BCUT2D eigenvalue weighted by Gasteiger charge is -2.28. The summed E-state index contributed by atoms with van der Waals surface area (Å²) >= 11 is 0. The van der Waals surface area contributed by atoms with Crippen LogP contribution in [0.5, 0.6) is 0 Å². The molecule has 18 heavy (non-hydrogen) atoms. The van der Waals surface area contributed by atoms with Crippen molar-refractivity contribution in [3.05, 3.63) is 0 Å². The predicted molar refractivity (Wildman–Crippen MR) is 71.7 cm³/mol. The number of nitrogens with one attached hydrogen (secondary N) is 2. The van der Waals surface area contributed by atoms with Crippen LogP contribution in [-0.4, -0.2) is 53.7 Å². The minimum absolute atomic E-state index is 0.0563. The van der Waals surface area contributed by atoms with Gasteiger partial charge in [0.25, 0.3) is 0 Å². The highest BCUT2D eigenvalue weighted by atomic mass is 32.2. The zero-order chi connectivity index (χ0) is 13.8. The molecule has 0 aromatic rings. The van der Waals surface area contributed by atoms with Crippen LogP contribution in [0.4, 0.5) is 0 Å². The minimum atomic E-state index is -3.49. The Balaban J connectivity index is 2.42. The van der Waals surface area contributed by atoms with Gasteiger partial charge in [0.2, 0.25) is 10.0 Å². The van der Waals surface area contributed by atoms with Gasteiger partial charge < -0.3 is 5.32 Å². The van der Waals surface area contributed by atoms with Crippen molar-refractivity contribution in [2.45, 2.75) is 37.8 Å². The van der Waals surface area contributed by atoms with Crippen molar-refractivity contribution in [3.63, 3.8) is 0 Å². The highest BCUT2D eigenvalue weighted by Crippen LogP contribution is 2.18. The molecule has 1 saturated carbocycles. The summed E-state index contributed by atoms with van der Waals surface area (Å²) in [5.74, 6) is -0.675. The molecule has 8 heteroatoms. The molecule has 0 unspecified atom stereocenters. The Labute approximate surface area is 110 Å². The van der Waals surface area contributed by atoms with E-state index in [4.69, 9.17) is 0 Å². The number of sulfone groups is 1. The molecule has 0 radical (unpaired) electrons. The Bertz CT molecular complexity index is 450. The van der Waals surface area contributed by atoms with Gasteiger partial charge in [-0.2, -0.15) is 0 Å². The van der Waals surface area contributed by atoms with Crippen LogP contribution in [0, 0.1) is 0 Å². The fourth-order valence-electron chi connectivity index (χ4n) is 2.07. The molecule has 0 aromatic heterocycles. The molecule has 0 amide bonds. The van der Waals surface area contributed by atoms with E-state index in [0.717, 1.165) is 31.9 Å². The molecular formula is C10H22N2O4S2. The summed E-state index contributed by atoms with van der Waals surface area (Å²) in [7, 11) is -4.82. The standard InChI is InChI=1S/C10H22N2O4S2/c1-11-9-3-5-10(6-4-9)12-18(15,16)8-7-17(2,13)14/h9-12H,3-8H2,1-2H3. The van der Waals surface area contributed by atoms with Gasteiger partial charge in [0, 0.05) is 18.3 Å². The third-order valence-electron chi connectivity index (χ3n) is 3.20. The van der Waals surface area contributed by atoms with Gasteiger partial charge in [0.15, 0.2) is 0 Å². The van der Waals surface area contributed by atoms with E-state index in [9.17, 15) is 16.8 Å². The second-order valence-electron chi connectivity index (χ2n) is 4.90. The second kappa shape index (κ2) is 6.31. The first-order valence-electron chi connectivity index (χ1n) is 6.07. The lowest BCUT2D eigenvalue weighted by Crippen LogP contribution is -2.42. The molecule has 0 saturated heterocycles. The fraction of sp³-hybridized carbons (Fsp3) is 1.00. The van der Waals surface area contributed by atoms with Crippen molar-refractivity contribution < 1.29 is 16.8 Å². The summed E-state index contributed by atoms with van der Waals surface area (Å²) in [6.07, 6.45) is 4.51. The molecule has 0 spiro atoms. The molecule has 0 aromatic carbocycles. The van der Waals surface area contributed by atoms with Crippen LogP contribution in [0.1, 0.15) is 25.7 Å². The van der Waals surface area contributed by atoms with Gasteiger partial charge in [0.05, 0.1) is 11.5 Å². The minimum Gasteiger partial charge on any atom is -0.317 e. The van der Waals surface area contributed by atoms with Crippen LogP contribution >= 0.6 is 0 Å². The van der Waals surface area contributed by atoms with E-state index in [2.05, 4.69) is 10.0 Å². The maximum atomic E-state index is 11.7. The van der Waals surface area contributed by atoms with E-state index in [1.807, 2.05) is 7.05 Å². The Hall–Kier alpha value is -0.180. The van der Waals surface area contributed by atoms with Crippen LogP contribution in [-0.2, 0) is 19.9 Å². The molecule has 0 atom stereocenters. The van der Waals surface area contributed by atoms with Crippen LogP contribution in [0.3, 0.4) is 0 Å². The Kier molecular flexibility index (Phi) is 5.57. The molecule has 0 heterocycles. The van der Waals surface area contributed by atoms with E-state index < -0.39 is 19.9 Å². The van der Waals surface area contributed by atoms with Crippen molar-refractivity contribution in [1.82, 2.24) is 10.0 Å². The van der Waals surface area contributed by atoms with Gasteiger partial charge in [-0.25, -0.2) is 21.6 Å². The Morgan fingerprint density at radius 2 is 1.44 bits per heavy atom. The van der Waals surface area contributed by atoms with Crippen LogP contribution in [0.2, 0.25) is 0 Å². The Morgan fingerprint density at radius 3 is 1.89 bits per heavy atom. The third-order valence-corrected chi connectivity index (χ3v) is 5.84. The van der Waals surface area contributed by atoms with Crippen molar-refractivity contribution >= 4 is 19.9 Å². The van der Waals surface area contributed by atoms with E-state index in [-0.39, 0.29) is 17.5 Å². The highest BCUT2D eigenvalue weighted by Gasteiger charge is 2.24. The zero-order valence-electron chi connectivity index (χ0n) is 10.8. The average molecular weight is 298 g/mol. The lowest BCUT2D eigenvalue weighted by molar-refractivity contribution is 0.343. The van der Waals surface area contributed by atoms with E-state index in [1.165, 1.54) is 0 Å². The van der Waals surface area contributed by atoms with E-state index in [1.54, 1.807) is 0 Å². The maximum absolute atomic E-state index is 11.7. The van der Waals surface area contributed by atoms with Gasteiger partial charge in [-0.15, -0.1) is 0 Å². The normalized spacial score (nSPS) is 26.1. The van der Waals surface area contributed by atoms with Gasteiger partial charge in [-0.3, -0.25) is 0 Å². The molecular weight excluding hydrogens is 276 g/mol. The molecule has 1 aliphatic carbocycles. The summed E-state index contributed by atoms with van der Waals surface area (Å²) in [6, 6.07) is 0.404. The molecule has 0 aliphatic heterocycles. The quantitative estimate of drug-likeness (QED) is 0.688. The van der Waals surface area contributed by atoms with Crippen molar-refractivity contribution in [3.8, 4) is 0 Å². The molecule has 0 bridgehead atoms. The zero-order valence-corrected chi connectivity index (χ0v) is 12.5. The molecule has 1 aliphatic rings. The van der Waals surface area contributed by atoms with Gasteiger partial charge >= 0.3 is 0 Å². The monoisotopic (exact) mass is 298 g/mol. The first-order chi connectivity index (χ1) is 8.22. The third kappa shape index (κ3) is 6.12. The first-order valence-corrected chi connectivity index (χ1v) is 9.78. The highest BCUT2D eigenvalue weighted by molar-refractivity contribution is 7.93. The van der Waals surface area contributed by atoms with Crippen molar-refractivity contribution in [1.29, 1.82) is 0 Å². The fourth-order valence-corrected chi connectivity index (χ4v) is 5.02. The second-order valence-corrected chi connectivity index (χ2v) is 9.04. The summed E-state index contributed by atoms with van der Waals surface area (Å²) < 4.78 is 47.9. The number of sulfonamides is 1. The van der Waals surface area contributed by atoms with Crippen molar-refractivity contribution in [2.75, 3.05) is 24.8 Å². The molecule has 1 fully saturated rings. The topological polar surface area (TPSA) is 92.3 Å². The largest absolute Gasteiger partial charge is 0.317 e. The van der Waals surface area contributed by atoms with E-state index in [0.29, 0.717) is 6.04 Å². The molecule has 1 rings (SSSR count). The van der Waals surface area contributed by atoms with Gasteiger partial charge in [0.1, 0.15) is 9.84 Å². The molecule has 108 valence electrons. The summed E-state index contributed by atoms with van der Waals surface area (Å²) in [5, 5.41) is 3.18. The first kappa shape index (κ1) is 15.9. The predicted octanol–water partition coefficient (Wildman–Crippen LogP) is -0.519. The maximum Gasteiger partial charge on any atom is 0.212 e. The van der Waals surface area contributed by atoms with Crippen molar-refractivity contribution in [2.24, 2.45) is 0 Å². The molecule has 6 nitrogen and oxygen atoms in total. The number of hydrogen-bond acceptors (Lipinski definition) is 5. The average Bonchev–Trinajstić information content (AvgIpc) is 2.26. The number of rotatable bonds is 6. The van der Waals surface area contributed by atoms with Crippen LogP contribution in [0.25, 0.3) is 0 Å². The SMILES string of the molecule is CNC1CCC(NS(=O)(=O)CCS(C)(=O)=O)CC1. The van der Waals surface area contributed by atoms with Crippen LogP contribution < -0.4 is 10.0 Å². The Morgan fingerprint density at radius 1 is 0.944 bits per heavy atom. The number of hydrogen-bond donors (Lipinski definition) is 2. The lowest BCUT2D eigenvalue weighted by atomic mass is 9.92. The summed E-state index contributed by atoms with van der Waals surface area (Å²) in [4.78, 5) is 0. The smallest absolute Gasteiger partial charge is 0.212 e. The van der Waals surface area contributed by atoms with E-state index >= 15 is 0 Å². The van der Waals surface area contributed by atoms with Crippen LogP contribution in [0.15, 0.2) is 0 Å².